The number of methoxy groups -OCH3 is 1. The highest BCUT2D eigenvalue weighted by atomic mass is 16.6. The van der Waals surface area contributed by atoms with E-state index in [2.05, 4.69) is 0 Å². The van der Waals surface area contributed by atoms with Gasteiger partial charge in [-0.05, 0) is 25.0 Å². The van der Waals surface area contributed by atoms with Crippen LogP contribution in [-0.2, 0) is 46.5 Å². The number of rotatable bonds is 11. The second kappa shape index (κ2) is 11.8. The lowest BCUT2D eigenvalue weighted by atomic mass is 9.74. The minimum Gasteiger partial charge on any atom is -0.468 e. The summed E-state index contributed by atoms with van der Waals surface area (Å²) in [6.07, 6.45) is 0.934. The molecule has 34 heavy (non-hydrogen) atoms. The van der Waals surface area contributed by atoms with E-state index in [9.17, 15) is 14.4 Å². The summed E-state index contributed by atoms with van der Waals surface area (Å²) >= 11 is 0. The maximum absolute atomic E-state index is 12.7. The first kappa shape index (κ1) is 25.5. The molecule has 7 nitrogen and oxygen atoms in total. The molecule has 2 unspecified atom stereocenters. The molecule has 7 heteroatoms. The largest absolute Gasteiger partial charge is 0.468 e. The van der Waals surface area contributed by atoms with Crippen molar-refractivity contribution >= 4 is 17.5 Å². The van der Waals surface area contributed by atoms with Crippen molar-refractivity contribution in [2.75, 3.05) is 13.7 Å². The van der Waals surface area contributed by atoms with Crippen molar-refractivity contribution in [3.63, 3.8) is 0 Å². The van der Waals surface area contributed by atoms with E-state index in [0.29, 0.717) is 13.2 Å². The molecule has 1 heterocycles. The molecule has 1 aliphatic rings. The van der Waals surface area contributed by atoms with Crippen LogP contribution in [0.1, 0.15) is 25.0 Å². The number of ketones is 2. The molecule has 2 aromatic carbocycles. The highest BCUT2D eigenvalue weighted by molar-refractivity contribution is 6.22. The van der Waals surface area contributed by atoms with E-state index >= 15 is 0 Å². The van der Waals surface area contributed by atoms with Gasteiger partial charge in [-0.2, -0.15) is 0 Å². The van der Waals surface area contributed by atoms with Gasteiger partial charge in [0.25, 0.3) is 0 Å². The third-order valence-electron chi connectivity index (χ3n) is 5.89. The zero-order chi connectivity index (χ0) is 24.6. The molecular weight excluding hydrogens is 436 g/mol. The Morgan fingerprint density at radius 1 is 0.853 bits per heavy atom. The second-order valence-corrected chi connectivity index (χ2v) is 8.15. The summed E-state index contributed by atoms with van der Waals surface area (Å²) in [5.41, 5.74) is -0.116. The molecule has 180 valence electrons. The molecule has 3 atom stereocenters. The molecule has 3 rings (SSSR count). The number of hydrogen-bond donors (Lipinski definition) is 0. The number of carbonyl (C=O) groups excluding carboxylic acids is 3. The first-order valence-electron chi connectivity index (χ1n) is 11.1. The Kier molecular flexibility index (Phi) is 8.87. The van der Waals surface area contributed by atoms with E-state index in [-0.39, 0.29) is 6.61 Å². The minimum atomic E-state index is -2.09. The molecule has 0 fully saturated rings. The quantitative estimate of drug-likeness (QED) is 0.285. The third-order valence-corrected chi connectivity index (χ3v) is 5.89. The van der Waals surface area contributed by atoms with Gasteiger partial charge in [0.2, 0.25) is 5.41 Å². The van der Waals surface area contributed by atoms with Crippen LogP contribution in [0.4, 0.5) is 0 Å². The Bertz CT molecular complexity index is 986. The van der Waals surface area contributed by atoms with Crippen LogP contribution in [0.5, 0.6) is 0 Å². The molecule has 0 aromatic heterocycles. The maximum Gasteiger partial charge on any atom is 0.330 e. The number of benzene rings is 2. The van der Waals surface area contributed by atoms with Gasteiger partial charge in [0.15, 0.2) is 11.6 Å². The number of carbonyl (C=O) groups is 3. The van der Waals surface area contributed by atoms with Gasteiger partial charge < -0.3 is 18.9 Å². The topological polar surface area (TPSA) is 88.1 Å². The van der Waals surface area contributed by atoms with Crippen molar-refractivity contribution in [2.45, 2.75) is 45.4 Å². The van der Waals surface area contributed by atoms with Crippen LogP contribution in [0.3, 0.4) is 0 Å². The smallest absolute Gasteiger partial charge is 0.330 e. The summed E-state index contributed by atoms with van der Waals surface area (Å²) in [7, 11) is 1.14. The number of hydrogen-bond acceptors (Lipinski definition) is 7. The Hall–Kier alpha value is -3.13. The number of Topliss-reactive ketones (excluding diaryl/α,β-unsaturated/α-hetero) is 2. The minimum absolute atomic E-state index is 0.127. The molecule has 0 bridgehead atoms. The molecule has 2 aromatic rings. The van der Waals surface area contributed by atoms with E-state index in [1.165, 1.54) is 19.9 Å². The lowest BCUT2D eigenvalue weighted by Gasteiger charge is -2.39. The van der Waals surface area contributed by atoms with Crippen LogP contribution in [0.15, 0.2) is 72.8 Å². The van der Waals surface area contributed by atoms with Crippen molar-refractivity contribution in [3.8, 4) is 0 Å². The van der Waals surface area contributed by atoms with Gasteiger partial charge in [0, 0.05) is 0 Å². The van der Waals surface area contributed by atoms with Crippen LogP contribution in [0.2, 0.25) is 0 Å². The highest BCUT2D eigenvalue weighted by Gasteiger charge is 2.57. The summed E-state index contributed by atoms with van der Waals surface area (Å²) in [6, 6.07) is 19.3. The molecule has 0 spiro atoms. The van der Waals surface area contributed by atoms with Gasteiger partial charge in [-0.25, -0.2) is 0 Å². The van der Waals surface area contributed by atoms with E-state index in [1.807, 2.05) is 60.7 Å². The first-order chi connectivity index (χ1) is 16.4. The average Bonchev–Trinajstić information content (AvgIpc) is 2.84. The lowest BCUT2D eigenvalue weighted by Crippen LogP contribution is -2.57. The Morgan fingerprint density at radius 3 is 1.94 bits per heavy atom. The fourth-order valence-corrected chi connectivity index (χ4v) is 4.04. The second-order valence-electron chi connectivity index (χ2n) is 8.15. The summed E-state index contributed by atoms with van der Waals surface area (Å²) in [5, 5.41) is 0. The zero-order valence-corrected chi connectivity index (χ0v) is 19.6. The van der Waals surface area contributed by atoms with Gasteiger partial charge in [0.05, 0.1) is 26.9 Å². The van der Waals surface area contributed by atoms with E-state index in [4.69, 9.17) is 18.9 Å². The molecule has 0 aliphatic carbocycles. The highest BCUT2D eigenvalue weighted by Crippen LogP contribution is 2.34. The first-order valence-corrected chi connectivity index (χ1v) is 11.1. The molecular formula is C27H30O7. The predicted molar refractivity (Wildman–Crippen MR) is 125 cm³/mol. The molecule has 0 saturated heterocycles. The van der Waals surface area contributed by atoms with Crippen molar-refractivity contribution in [2.24, 2.45) is 5.41 Å². The fourth-order valence-electron chi connectivity index (χ4n) is 4.04. The molecule has 0 N–H and O–H groups in total. The van der Waals surface area contributed by atoms with Crippen molar-refractivity contribution in [1.29, 1.82) is 0 Å². The van der Waals surface area contributed by atoms with Gasteiger partial charge in [-0.3, -0.25) is 14.4 Å². The molecule has 0 radical (unpaired) electrons. The van der Waals surface area contributed by atoms with Crippen LogP contribution in [0.25, 0.3) is 0 Å². The van der Waals surface area contributed by atoms with Gasteiger partial charge in [0.1, 0.15) is 18.3 Å². The average molecular weight is 467 g/mol. The number of esters is 1. The van der Waals surface area contributed by atoms with Crippen molar-refractivity contribution in [1.82, 2.24) is 0 Å². The van der Waals surface area contributed by atoms with E-state index in [1.54, 1.807) is 6.08 Å². The maximum atomic E-state index is 12.7. The standard InChI is InChI=1S/C27H30O7/c1-19(28)27(20(2)29,26(30)31-3)25-15-14-23(33-17-22-12-8-5-9-13-22)24(34-25)18-32-16-21-10-6-4-7-11-21/h4-15,23-25H,16-18H2,1-3H3/t23?,24?,25-/m0/s1. The van der Waals surface area contributed by atoms with Crippen molar-refractivity contribution < 1.29 is 33.3 Å². The molecule has 0 amide bonds. The third kappa shape index (κ3) is 5.67. The SMILES string of the molecule is COC(=O)C(C(C)=O)(C(C)=O)[C@@H]1C=CC(OCc2ccccc2)C(COCc2ccccc2)O1. The predicted octanol–water partition coefficient (Wildman–Crippen LogP) is 3.45. The molecule has 1 aliphatic heterocycles. The monoisotopic (exact) mass is 466 g/mol. The van der Waals surface area contributed by atoms with Crippen LogP contribution >= 0.6 is 0 Å². The summed E-state index contributed by atoms with van der Waals surface area (Å²) < 4.78 is 23.0. The summed E-state index contributed by atoms with van der Waals surface area (Å²) in [5.74, 6) is -2.24. The summed E-state index contributed by atoms with van der Waals surface area (Å²) in [6.45, 7) is 3.19. The Balaban J connectivity index is 1.82. The van der Waals surface area contributed by atoms with Gasteiger partial charge >= 0.3 is 5.97 Å². The van der Waals surface area contributed by atoms with Crippen LogP contribution in [-0.4, -0.2) is 49.6 Å². The fraction of sp³-hybridized carbons (Fsp3) is 0.370. The van der Waals surface area contributed by atoms with Crippen LogP contribution in [0, 0.1) is 5.41 Å². The van der Waals surface area contributed by atoms with E-state index < -0.39 is 41.3 Å². The van der Waals surface area contributed by atoms with Crippen LogP contribution < -0.4 is 0 Å². The Labute approximate surface area is 199 Å². The Morgan fingerprint density at radius 2 is 1.41 bits per heavy atom. The summed E-state index contributed by atoms with van der Waals surface area (Å²) in [4.78, 5) is 37.9. The molecule has 0 saturated carbocycles. The van der Waals surface area contributed by atoms with Gasteiger partial charge in [-0.15, -0.1) is 0 Å². The van der Waals surface area contributed by atoms with Crippen molar-refractivity contribution in [3.05, 3.63) is 83.9 Å². The normalized spacial score (nSPS) is 20.0. The van der Waals surface area contributed by atoms with Gasteiger partial charge in [-0.1, -0.05) is 72.8 Å². The zero-order valence-electron chi connectivity index (χ0n) is 19.6. The number of ether oxygens (including phenoxy) is 4. The lowest BCUT2D eigenvalue weighted by molar-refractivity contribution is -0.182. The van der Waals surface area contributed by atoms with E-state index in [0.717, 1.165) is 18.2 Å².